The largest absolute Gasteiger partial charge is 0.306 e. The van der Waals surface area contributed by atoms with E-state index in [-0.39, 0.29) is 11.9 Å². The van der Waals surface area contributed by atoms with Crippen LogP contribution < -0.4 is 5.32 Å². The lowest BCUT2D eigenvalue weighted by atomic mass is 10.1. The number of halogens is 2. The van der Waals surface area contributed by atoms with Crippen LogP contribution in [0.4, 0.5) is 4.39 Å². The quantitative estimate of drug-likeness (QED) is 0.857. The molecule has 0 saturated heterocycles. The van der Waals surface area contributed by atoms with E-state index in [0.29, 0.717) is 12.1 Å². The molecule has 100 valence electrons. The maximum Gasteiger partial charge on any atom is 0.127 e. The predicted octanol–water partition coefficient (Wildman–Crippen LogP) is 4.75. The molecule has 3 heteroatoms. The first-order chi connectivity index (χ1) is 9.08. The van der Waals surface area contributed by atoms with Gasteiger partial charge in [0, 0.05) is 22.6 Å². The third kappa shape index (κ3) is 3.64. The van der Waals surface area contributed by atoms with Crippen LogP contribution in [0.25, 0.3) is 0 Å². The summed E-state index contributed by atoms with van der Waals surface area (Å²) in [5.41, 5.74) is 3.10. The SMILES string of the molecule is Cc1ccc(CNC(C)c2ccccc2F)cc1Br. The molecule has 0 aliphatic carbocycles. The number of benzene rings is 2. The maximum atomic E-state index is 13.6. The number of aryl methyl sites for hydroxylation is 1. The minimum atomic E-state index is -0.160. The molecule has 1 nitrogen and oxygen atoms in total. The van der Waals surface area contributed by atoms with E-state index in [1.807, 2.05) is 19.1 Å². The Morgan fingerprint density at radius 3 is 2.63 bits per heavy atom. The molecule has 19 heavy (non-hydrogen) atoms. The van der Waals surface area contributed by atoms with Gasteiger partial charge in [-0.25, -0.2) is 4.39 Å². The van der Waals surface area contributed by atoms with Crippen molar-refractivity contribution in [2.75, 3.05) is 0 Å². The zero-order valence-corrected chi connectivity index (χ0v) is 12.7. The minimum Gasteiger partial charge on any atom is -0.306 e. The minimum absolute atomic E-state index is 0.0127. The van der Waals surface area contributed by atoms with Crippen LogP contribution in [0.2, 0.25) is 0 Å². The monoisotopic (exact) mass is 321 g/mol. The highest BCUT2D eigenvalue weighted by Crippen LogP contribution is 2.19. The van der Waals surface area contributed by atoms with Crippen molar-refractivity contribution in [2.24, 2.45) is 0 Å². The van der Waals surface area contributed by atoms with Gasteiger partial charge < -0.3 is 5.32 Å². The van der Waals surface area contributed by atoms with Crippen molar-refractivity contribution >= 4 is 15.9 Å². The van der Waals surface area contributed by atoms with E-state index in [1.54, 1.807) is 6.07 Å². The molecule has 2 aromatic carbocycles. The van der Waals surface area contributed by atoms with Crippen LogP contribution in [-0.2, 0) is 6.54 Å². The van der Waals surface area contributed by atoms with Crippen molar-refractivity contribution in [3.8, 4) is 0 Å². The topological polar surface area (TPSA) is 12.0 Å². The van der Waals surface area contributed by atoms with Gasteiger partial charge in [0.15, 0.2) is 0 Å². The van der Waals surface area contributed by atoms with Crippen LogP contribution in [0.15, 0.2) is 46.9 Å². The molecular formula is C16H17BrFN. The lowest BCUT2D eigenvalue weighted by molar-refractivity contribution is 0.528. The summed E-state index contributed by atoms with van der Waals surface area (Å²) in [6, 6.07) is 13.1. The second-order valence-corrected chi connectivity index (χ2v) is 5.56. The molecule has 0 aliphatic heterocycles. The average Bonchev–Trinajstić information content (AvgIpc) is 2.40. The lowest BCUT2D eigenvalue weighted by Gasteiger charge is -2.15. The summed E-state index contributed by atoms with van der Waals surface area (Å²) in [4.78, 5) is 0. The summed E-state index contributed by atoms with van der Waals surface area (Å²) < 4.78 is 14.7. The smallest absolute Gasteiger partial charge is 0.127 e. The summed E-state index contributed by atoms with van der Waals surface area (Å²) in [6.45, 7) is 4.75. The normalized spacial score (nSPS) is 12.4. The summed E-state index contributed by atoms with van der Waals surface area (Å²) in [7, 11) is 0. The van der Waals surface area contributed by atoms with Crippen LogP contribution in [0, 0.1) is 12.7 Å². The highest BCUT2D eigenvalue weighted by atomic mass is 79.9. The molecule has 1 unspecified atom stereocenters. The van der Waals surface area contributed by atoms with Crippen LogP contribution in [-0.4, -0.2) is 0 Å². The Balaban J connectivity index is 2.02. The summed E-state index contributed by atoms with van der Waals surface area (Å²) >= 11 is 3.52. The van der Waals surface area contributed by atoms with E-state index in [0.717, 1.165) is 4.47 Å². The molecule has 0 bridgehead atoms. The van der Waals surface area contributed by atoms with Gasteiger partial charge >= 0.3 is 0 Å². The van der Waals surface area contributed by atoms with Crippen LogP contribution in [0.3, 0.4) is 0 Å². The van der Waals surface area contributed by atoms with E-state index in [4.69, 9.17) is 0 Å². The Hall–Kier alpha value is -1.19. The number of hydrogen-bond donors (Lipinski definition) is 1. The molecule has 1 N–H and O–H groups in total. The van der Waals surface area contributed by atoms with Crippen molar-refractivity contribution < 1.29 is 4.39 Å². The Labute approximate surface area is 122 Å². The third-order valence-electron chi connectivity index (χ3n) is 3.22. The van der Waals surface area contributed by atoms with Gasteiger partial charge in [0.05, 0.1) is 0 Å². The number of rotatable bonds is 4. The predicted molar refractivity (Wildman–Crippen MR) is 80.5 cm³/mol. The van der Waals surface area contributed by atoms with Gasteiger partial charge in [-0.3, -0.25) is 0 Å². The van der Waals surface area contributed by atoms with Crippen molar-refractivity contribution in [3.63, 3.8) is 0 Å². The van der Waals surface area contributed by atoms with Gasteiger partial charge in [0.1, 0.15) is 5.82 Å². The molecule has 0 amide bonds. The van der Waals surface area contributed by atoms with Gasteiger partial charge in [-0.05, 0) is 37.1 Å². The van der Waals surface area contributed by atoms with Crippen LogP contribution in [0.5, 0.6) is 0 Å². The first-order valence-electron chi connectivity index (χ1n) is 6.31. The molecule has 0 aliphatic rings. The molecular weight excluding hydrogens is 305 g/mol. The van der Waals surface area contributed by atoms with E-state index in [1.165, 1.54) is 17.2 Å². The number of hydrogen-bond acceptors (Lipinski definition) is 1. The second kappa shape index (κ2) is 6.31. The molecule has 0 saturated carbocycles. The van der Waals surface area contributed by atoms with E-state index < -0.39 is 0 Å². The summed E-state index contributed by atoms with van der Waals surface area (Å²) in [5.74, 6) is -0.160. The highest BCUT2D eigenvalue weighted by Gasteiger charge is 2.09. The third-order valence-corrected chi connectivity index (χ3v) is 4.07. The second-order valence-electron chi connectivity index (χ2n) is 4.71. The molecule has 2 aromatic rings. The summed E-state index contributed by atoms with van der Waals surface area (Å²) in [5, 5.41) is 3.34. The van der Waals surface area contributed by atoms with E-state index in [2.05, 4.69) is 46.4 Å². The van der Waals surface area contributed by atoms with Crippen LogP contribution in [0.1, 0.15) is 29.7 Å². The summed E-state index contributed by atoms with van der Waals surface area (Å²) in [6.07, 6.45) is 0. The Morgan fingerprint density at radius 2 is 1.95 bits per heavy atom. The molecule has 0 radical (unpaired) electrons. The van der Waals surface area contributed by atoms with E-state index >= 15 is 0 Å². The number of nitrogens with one attached hydrogen (secondary N) is 1. The Morgan fingerprint density at radius 1 is 1.21 bits per heavy atom. The molecule has 1 atom stereocenters. The van der Waals surface area contributed by atoms with Gasteiger partial charge in [-0.15, -0.1) is 0 Å². The van der Waals surface area contributed by atoms with Gasteiger partial charge in [-0.2, -0.15) is 0 Å². The zero-order valence-electron chi connectivity index (χ0n) is 11.1. The van der Waals surface area contributed by atoms with Crippen LogP contribution >= 0.6 is 15.9 Å². The fraction of sp³-hybridized carbons (Fsp3) is 0.250. The Kier molecular flexibility index (Phi) is 4.72. The average molecular weight is 322 g/mol. The molecule has 2 rings (SSSR count). The molecule has 0 spiro atoms. The van der Waals surface area contributed by atoms with Crippen molar-refractivity contribution in [1.29, 1.82) is 0 Å². The fourth-order valence-electron chi connectivity index (χ4n) is 1.95. The van der Waals surface area contributed by atoms with E-state index in [9.17, 15) is 4.39 Å². The zero-order chi connectivity index (χ0) is 13.8. The Bertz CT molecular complexity index is 568. The first kappa shape index (κ1) is 14.2. The van der Waals surface area contributed by atoms with Gasteiger partial charge in [-0.1, -0.05) is 46.3 Å². The van der Waals surface area contributed by atoms with Gasteiger partial charge in [0.2, 0.25) is 0 Å². The lowest BCUT2D eigenvalue weighted by Crippen LogP contribution is -2.19. The maximum absolute atomic E-state index is 13.6. The molecule has 0 aromatic heterocycles. The van der Waals surface area contributed by atoms with Gasteiger partial charge in [0.25, 0.3) is 0 Å². The van der Waals surface area contributed by atoms with Crippen molar-refractivity contribution in [2.45, 2.75) is 26.4 Å². The molecule has 0 heterocycles. The van der Waals surface area contributed by atoms with Crippen molar-refractivity contribution in [3.05, 3.63) is 69.4 Å². The van der Waals surface area contributed by atoms with Crippen molar-refractivity contribution in [1.82, 2.24) is 5.32 Å². The fourth-order valence-corrected chi connectivity index (χ4v) is 2.38. The first-order valence-corrected chi connectivity index (χ1v) is 7.10. The highest BCUT2D eigenvalue weighted by molar-refractivity contribution is 9.10. The standard InChI is InChI=1S/C16H17BrFN/c1-11-7-8-13(9-15(11)17)10-19-12(2)14-5-3-4-6-16(14)18/h3-9,12,19H,10H2,1-2H3. The molecule has 0 fully saturated rings.